The number of nitrogens with zero attached hydrogens (tertiary/aromatic N) is 4. The fourth-order valence-electron chi connectivity index (χ4n) is 1.88. The number of aromatic nitrogens is 3. The van der Waals surface area contributed by atoms with Crippen LogP contribution in [0, 0.1) is 0 Å². The molecule has 7 heteroatoms. The van der Waals surface area contributed by atoms with Crippen LogP contribution in [0.2, 0.25) is 0 Å². The van der Waals surface area contributed by atoms with Gasteiger partial charge in [0.05, 0.1) is 17.8 Å². The van der Waals surface area contributed by atoms with Crippen molar-refractivity contribution in [2.45, 2.75) is 31.9 Å². The lowest BCUT2D eigenvalue weighted by atomic mass is 10.0. The summed E-state index contributed by atoms with van der Waals surface area (Å²) in [5.74, 6) is -1.06. The van der Waals surface area contributed by atoms with E-state index < -0.39 is 11.6 Å². The maximum Gasteiger partial charge on any atom is 0.358 e. The van der Waals surface area contributed by atoms with Gasteiger partial charge in [-0.15, -0.1) is 5.10 Å². The summed E-state index contributed by atoms with van der Waals surface area (Å²) in [4.78, 5) is 12.9. The van der Waals surface area contributed by atoms with Crippen LogP contribution < -0.4 is 0 Å². The maximum absolute atomic E-state index is 10.7. The zero-order chi connectivity index (χ0) is 13.3. The molecule has 2 rings (SSSR count). The molecule has 0 amide bonds. The molecule has 1 saturated heterocycles. The van der Waals surface area contributed by atoms with Crippen molar-refractivity contribution >= 4 is 5.97 Å². The minimum atomic E-state index is -1.06. The lowest BCUT2D eigenvalue weighted by Crippen LogP contribution is -2.49. The van der Waals surface area contributed by atoms with Gasteiger partial charge in [0.1, 0.15) is 0 Å². The van der Waals surface area contributed by atoms with Gasteiger partial charge in [-0.1, -0.05) is 5.21 Å². The second-order valence-electron chi connectivity index (χ2n) is 5.36. The summed E-state index contributed by atoms with van der Waals surface area (Å²) >= 11 is 0. The number of carbonyl (C=O) groups is 1. The topological polar surface area (TPSA) is 91.5 Å². The average Bonchev–Trinajstić information content (AvgIpc) is 2.62. The predicted molar refractivity (Wildman–Crippen MR) is 63.4 cm³/mol. The SMILES string of the molecule is CC(C)(O)CCN1CC(n2cc(C(=O)O)nn2)C1. The standard InChI is InChI=1S/C11H18N4O3/c1-11(2,18)3-4-14-5-8(6-14)15-7-9(10(16)17)12-13-15/h7-8,18H,3-6H2,1-2H3,(H,16,17). The van der Waals surface area contributed by atoms with Gasteiger partial charge in [0.25, 0.3) is 0 Å². The first-order chi connectivity index (χ1) is 8.35. The summed E-state index contributed by atoms with van der Waals surface area (Å²) < 4.78 is 1.60. The van der Waals surface area contributed by atoms with Gasteiger partial charge in [-0.25, -0.2) is 9.48 Å². The van der Waals surface area contributed by atoms with Gasteiger partial charge < -0.3 is 10.2 Å². The third-order valence-electron chi connectivity index (χ3n) is 3.08. The van der Waals surface area contributed by atoms with Gasteiger partial charge in [0.2, 0.25) is 0 Å². The Hall–Kier alpha value is -1.47. The second kappa shape index (κ2) is 4.66. The van der Waals surface area contributed by atoms with E-state index in [1.807, 2.05) is 0 Å². The van der Waals surface area contributed by atoms with Crippen molar-refractivity contribution in [3.8, 4) is 0 Å². The molecule has 2 heterocycles. The van der Waals surface area contributed by atoms with E-state index >= 15 is 0 Å². The Bertz CT molecular complexity index is 432. The first-order valence-corrected chi connectivity index (χ1v) is 5.95. The average molecular weight is 254 g/mol. The van der Waals surface area contributed by atoms with Gasteiger partial charge in [0, 0.05) is 19.6 Å². The van der Waals surface area contributed by atoms with E-state index in [4.69, 9.17) is 5.11 Å². The smallest absolute Gasteiger partial charge is 0.358 e. The van der Waals surface area contributed by atoms with Crippen molar-refractivity contribution in [1.29, 1.82) is 0 Å². The van der Waals surface area contributed by atoms with E-state index in [9.17, 15) is 9.90 Å². The monoisotopic (exact) mass is 254 g/mol. The van der Waals surface area contributed by atoms with Crippen LogP contribution >= 0.6 is 0 Å². The molecule has 1 aliphatic rings. The lowest BCUT2D eigenvalue weighted by Gasteiger charge is -2.39. The van der Waals surface area contributed by atoms with Gasteiger partial charge in [-0.3, -0.25) is 4.90 Å². The Kier molecular flexibility index (Phi) is 3.36. The van der Waals surface area contributed by atoms with E-state index in [0.29, 0.717) is 0 Å². The minimum absolute atomic E-state index is 0.0232. The molecule has 1 aromatic rings. The Labute approximate surface area is 105 Å². The molecule has 0 bridgehead atoms. The number of carboxylic acids is 1. The first-order valence-electron chi connectivity index (χ1n) is 5.95. The van der Waals surface area contributed by atoms with Crippen molar-refractivity contribution in [3.63, 3.8) is 0 Å². The van der Waals surface area contributed by atoms with Crippen LogP contribution in [-0.4, -0.2) is 61.3 Å². The molecular formula is C11H18N4O3. The van der Waals surface area contributed by atoms with Gasteiger partial charge in [0.15, 0.2) is 5.69 Å². The van der Waals surface area contributed by atoms with Crippen molar-refractivity contribution in [1.82, 2.24) is 19.9 Å². The molecular weight excluding hydrogens is 236 g/mol. The summed E-state index contributed by atoms with van der Waals surface area (Å²) in [6.07, 6.45) is 2.18. The normalized spacial score (nSPS) is 17.7. The second-order valence-corrected chi connectivity index (χ2v) is 5.36. The molecule has 7 nitrogen and oxygen atoms in total. The zero-order valence-corrected chi connectivity index (χ0v) is 10.6. The highest BCUT2D eigenvalue weighted by Gasteiger charge is 2.30. The highest BCUT2D eigenvalue weighted by molar-refractivity contribution is 5.84. The van der Waals surface area contributed by atoms with E-state index in [2.05, 4.69) is 15.2 Å². The van der Waals surface area contributed by atoms with Crippen LogP contribution in [0.4, 0.5) is 0 Å². The Morgan fingerprint density at radius 2 is 2.22 bits per heavy atom. The first kappa shape index (κ1) is 13.0. The lowest BCUT2D eigenvalue weighted by molar-refractivity contribution is 0.0312. The number of hydrogen-bond acceptors (Lipinski definition) is 5. The number of rotatable bonds is 5. The largest absolute Gasteiger partial charge is 0.476 e. The van der Waals surface area contributed by atoms with Crippen LogP contribution in [0.15, 0.2) is 6.20 Å². The van der Waals surface area contributed by atoms with Crippen molar-refractivity contribution in [2.75, 3.05) is 19.6 Å². The third-order valence-corrected chi connectivity index (χ3v) is 3.08. The summed E-state index contributed by atoms with van der Waals surface area (Å²) in [5, 5.41) is 25.8. The molecule has 100 valence electrons. The van der Waals surface area contributed by atoms with Crippen LogP contribution in [0.5, 0.6) is 0 Å². The quantitative estimate of drug-likeness (QED) is 0.768. The van der Waals surface area contributed by atoms with Crippen LogP contribution in [-0.2, 0) is 0 Å². The Morgan fingerprint density at radius 1 is 1.56 bits per heavy atom. The van der Waals surface area contributed by atoms with E-state index in [-0.39, 0.29) is 11.7 Å². The summed E-state index contributed by atoms with van der Waals surface area (Å²) in [5.41, 5.74) is -0.667. The highest BCUT2D eigenvalue weighted by Crippen LogP contribution is 2.21. The molecule has 0 saturated carbocycles. The summed E-state index contributed by atoms with van der Waals surface area (Å²) in [7, 11) is 0. The van der Waals surface area contributed by atoms with Gasteiger partial charge in [-0.2, -0.15) is 0 Å². The van der Waals surface area contributed by atoms with Crippen LogP contribution in [0.1, 0.15) is 36.8 Å². The molecule has 1 aliphatic heterocycles. The fourth-order valence-corrected chi connectivity index (χ4v) is 1.88. The Morgan fingerprint density at radius 3 is 2.72 bits per heavy atom. The molecule has 1 aromatic heterocycles. The van der Waals surface area contributed by atoms with E-state index in [1.54, 1.807) is 18.5 Å². The van der Waals surface area contributed by atoms with E-state index in [0.717, 1.165) is 26.1 Å². The van der Waals surface area contributed by atoms with Gasteiger partial charge >= 0.3 is 5.97 Å². The number of aromatic carboxylic acids is 1. The van der Waals surface area contributed by atoms with Gasteiger partial charge in [-0.05, 0) is 20.3 Å². The number of likely N-dealkylation sites (tertiary alicyclic amines) is 1. The maximum atomic E-state index is 10.7. The molecule has 0 atom stereocenters. The molecule has 0 unspecified atom stereocenters. The van der Waals surface area contributed by atoms with Crippen molar-refractivity contribution < 1.29 is 15.0 Å². The number of aliphatic hydroxyl groups is 1. The number of hydrogen-bond donors (Lipinski definition) is 2. The van der Waals surface area contributed by atoms with Crippen LogP contribution in [0.25, 0.3) is 0 Å². The van der Waals surface area contributed by atoms with E-state index in [1.165, 1.54) is 6.20 Å². The molecule has 0 spiro atoms. The Balaban J connectivity index is 1.80. The molecule has 0 aliphatic carbocycles. The van der Waals surface area contributed by atoms with Crippen molar-refractivity contribution in [3.05, 3.63) is 11.9 Å². The predicted octanol–water partition coefficient (Wildman–Crippen LogP) is -0.00600. The molecule has 2 N–H and O–H groups in total. The fraction of sp³-hybridized carbons (Fsp3) is 0.727. The van der Waals surface area contributed by atoms with Crippen molar-refractivity contribution in [2.24, 2.45) is 0 Å². The molecule has 0 radical (unpaired) electrons. The molecule has 1 fully saturated rings. The molecule has 0 aromatic carbocycles. The highest BCUT2D eigenvalue weighted by atomic mass is 16.4. The van der Waals surface area contributed by atoms with Crippen LogP contribution in [0.3, 0.4) is 0 Å². The minimum Gasteiger partial charge on any atom is -0.476 e. The third kappa shape index (κ3) is 3.05. The zero-order valence-electron chi connectivity index (χ0n) is 10.6. The summed E-state index contributed by atoms with van der Waals surface area (Å²) in [6, 6.07) is 0.187. The number of carboxylic acid groups (broad SMARTS) is 1. The summed E-state index contributed by atoms with van der Waals surface area (Å²) in [6.45, 7) is 6.05. The molecule has 18 heavy (non-hydrogen) atoms.